The van der Waals surface area contributed by atoms with E-state index >= 15 is 0 Å². The van der Waals surface area contributed by atoms with Crippen molar-refractivity contribution >= 4 is 17.3 Å². The normalized spacial score (nSPS) is 18.7. The number of fused-ring (bicyclic) bond motifs is 1. The van der Waals surface area contributed by atoms with Gasteiger partial charge in [0.15, 0.2) is 0 Å². The van der Waals surface area contributed by atoms with Gasteiger partial charge in [-0.05, 0) is 24.3 Å². The molecule has 1 aliphatic heterocycles. The number of imidazole rings is 1. The van der Waals surface area contributed by atoms with Crippen LogP contribution >= 0.6 is 0 Å². The molecule has 0 spiro atoms. The molecule has 1 aliphatic rings. The van der Waals surface area contributed by atoms with Gasteiger partial charge in [-0.2, -0.15) is 13.2 Å². The Morgan fingerprint density at radius 1 is 1.28 bits per heavy atom. The molecular weight excluding hydrogens is 425 g/mol. The minimum atomic E-state index is -4.58. The first-order valence-corrected chi connectivity index (χ1v) is 9.50. The maximum absolute atomic E-state index is 13.2. The van der Waals surface area contributed by atoms with Crippen LogP contribution in [-0.2, 0) is 11.0 Å². The Bertz CT molecular complexity index is 1320. The van der Waals surface area contributed by atoms with Gasteiger partial charge in [-0.1, -0.05) is 24.0 Å². The average Bonchev–Trinajstić information content (AvgIpc) is 3.25. The Hall–Kier alpha value is -3.84. The van der Waals surface area contributed by atoms with Crippen LogP contribution in [0.5, 0.6) is 0 Å². The van der Waals surface area contributed by atoms with Crippen molar-refractivity contribution in [2.45, 2.75) is 18.2 Å². The van der Waals surface area contributed by atoms with Crippen molar-refractivity contribution in [2.24, 2.45) is 5.73 Å². The number of halogens is 3. The summed E-state index contributed by atoms with van der Waals surface area (Å²) in [6.07, 6.45) is -3.32. The summed E-state index contributed by atoms with van der Waals surface area (Å²) in [6.45, 7) is 0.377. The zero-order chi connectivity index (χ0) is 23.3. The van der Waals surface area contributed by atoms with Gasteiger partial charge < -0.3 is 15.7 Å². The second-order valence-corrected chi connectivity index (χ2v) is 7.48. The van der Waals surface area contributed by atoms with Crippen LogP contribution < -0.4 is 5.73 Å². The average molecular weight is 442 g/mol. The van der Waals surface area contributed by atoms with Crippen LogP contribution in [0.4, 0.5) is 13.2 Å². The van der Waals surface area contributed by atoms with Crippen molar-refractivity contribution in [3.8, 4) is 23.1 Å². The predicted octanol–water partition coefficient (Wildman–Crippen LogP) is 2.06. The lowest BCUT2D eigenvalue weighted by molar-refractivity contribution is -0.138. The molecule has 164 valence electrons. The minimum Gasteiger partial charge on any atom is -0.369 e. The van der Waals surface area contributed by atoms with Crippen LogP contribution in [0.25, 0.3) is 16.8 Å². The fourth-order valence-electron chi connectivity index (χ4n) is 3.54. The Kier molecular flexibility index (Phi) is 4.94. The molecule has 1 saturated heterocycles. The van der Waals surface area contributed by atoms with Crippen molar-refractivity contribution < 1.29 is 27.9 Å². The summed E-state index contributed by atoms with van der Waals surface area (Å²) in [4.78, 5) is 29.4. The smallest absolute Gasteiger partial charge is 0.369 e. The Labute approximate surface area is 180 Å². The number of rotatable bonds is 2. The summed E-state index contributed by atoms with van der Waals surface area (Å²) < 4.78 is 40.9. The highest BCUT2D eigenvalue weighted by molar-refractivity contribution is 5.93. The molecule has 4 rings (SSSR count). The lowest BCUT2D eigenvalue weighted by Crippen LogP contribution is -2.37. The number of alkyl halides is 3. The monoisotopic (exact) mass is 442 g/mol. The van der Waals surface area contributed by atoms with Crippen molar-refractivity contribution in [1.29, 1.82) is 0 Å². The van der Waals surface area contributed by atoms with Gasteiger partial charge in [0, 0.05) is 37.3 Å². The number of hydrogen-bond acceptors (Lipinski definition) is 4. The van der Waals surface area contributed by atoms with Crippen molar-refractivity contribution in [2.75, 3.05) is 13.6 Å². The van der Waals surface area contributed by atoms with Crippen molar-refractivity contribution in [3.05, 3.63) is 59.5 Å². The highest BCUT2D eigenvalue weighted by Crippen LogP contribution is 2.33. The largest absolute Gasteiger partial charge is 0.416 e. The van der Waals surface area contributed by atoms with Crippen LogP contribution in [0.15, 0.2) is 42.6 Å². The number of benzene rings is 1. The summed E-state index contributed by atoms with van der Waals surface area (Å²) in [5, 5.41) is 10.5. The Morgan fingerprint density at radius 2 is 2.03 bits per heavy atom. The molecule has 1 aromatic carbocycles. The van der Waals surface area contributed by atoms with Crippen molar-refractivity contribution in [1.82, 2.24) is 14.3 Å². The summed E-state index contributed by atoms with van der Waals surface area (Å²) in [5.74, 6) is 3.73. The van der Waals surface area contributed by atoms with E-state index in [1.54, 1.807) is 31.3 Å². The zero-order valence-electron chi connectivity index (χ0n) is 16.8. The van der Waals surface area contributed by atoms with Gasteiger partial charge >= 0.3 is 6.18 Å². The van der Waals surface area contributed by atoms with Gasteiger partial charge in [-0.15, -0.1) is 0 Å². The summed E-state index contributed by atoms with van der Waals surface area (Å²) in [6, 6.07) is 8.10. The van der Waals surface area contributed by atoms with Crippen LogP contribution in [0, 0.1) is 11.8 Å². The van der Waals surface area contributed by atoms with E-state index in [0.717, 1.165) is 18.3 Å². The molecule has 2 aromatic heterocycles. The molecule has 32 heavy (non-hydrogen) atoms. The molecule has 0 bridgehead atoms. The number of likely N-dealkylation sites (tertiary alicyclic amines) is 1. The maximum Gasteiger partial charge on any atom is 0.416 e. The van der Waals surface area contributed by atoms with E-state index in [9.17, 15) is 27.9 Å². The van der Waals surface area contributed by atoms with Gasteiger partial charge in [-0.25, -0.2) is 4.98 Å². The second-order valence-electron chi connectivity index (χ2n) is 7.48. The number of likely N-dealkylation sites (N-methyl/N-ethyl adjacent to an activating group) is 1. The third-order valence-corrected chi connectivity index (χ3v) is 5.25. The number of amides is 2. The summed E-state index contributed by atoms with van der Waals surface area (Å²) in [5.41, 5.74) is 3.63. The number of hydrogen-bond donors (Lipinski definition) is 2. The molecule has 1 fully saturated rings. The number of aromatic nitrogens is 2. The predicted molar refractivity (Wildman–Crippen MR) is 108 cm³/mol. The van der Waals surface area contributed by atoms with Gasteiger partial charge in [0.05, 0.1) is 16.8 Å². The fraction of sp³-hybridized carbons (Fsp3) is 0.227. The Balaban J connectivity index is 1.81. The second kappa shape index (κ2) is 7.39. The first-order chi connectivity index (χ1) is 15.0. The maximum atomic E-state index is 13.2. The molecule has 0 saturated carbocycles. The number of aliphatic hydroxyl groups is 1. The third kappa shape index (κ3) is 3.67. The van der Waals surface area contributed by atoms with E-state index < -0.39 is 29.2 Å². The molecule has 0 unspecified atom stereocenters. The van der Waals surface area contributed by atoms with E-state index in [-0.39, 0.29) is 23.5 Å². The Morgan fingerprint density at radius 3 is 2.66 bits per heavy atom. The van der Waals surface area contributed by atoms with Crippen LogP contribution in [0.3, 0.4) is 0 Å². The highest BCUT2D eigenvalue weighted by atomic mass is 19.4. The van der Waals surface area contributed by atoms with E-state index in [1.165, 1.54) is 9.30 Å². The zero-order valence-corrected chi connectivity index (χ0v) is 16.8. The highest BCUT2D eigenvalue weighted by Gasteiger charge is 2.42. The molecule has 0 aliphatic carbocycles. The lowest BCUT2D eigenvalue weighted by atomic mass is 10.0. The molecule has 1 atom stereocenters. The standard InChI is InChI=1S/C22H17F3N4O3/c1-28-10-8-21(32,20(28)31)7-5-13-3-2-4-14(11-13)17-16-12-15(22(23,24)25)6-9-29(16)19(27-17)18(26)30/h2-4,6,9,11-12,32H,8,10H2,1H3,(H2,26,30)/t21-/m0/s1. The molecule has 7 nitrogen and oxygen atoms in total. The molecule has 2 amide bonds. The molecular formula is C22H17F3N4O3. The molecule has 3 heterocycles. The summed E-state index contributed by atoms with van der Waals surface area (Å²) >= 11 is 0. The van der Waals surface area contributed by atoms with Gasteiger partial charge in [0.2, 0.25) is 11.4 Å². The fourth-order valence-corrected chi connectivity index (χ4v) is 3.54. The minimum absolute atomic E-state index is 0.0463. The number of primary amides is 1. The first-order valence-electron chi connectivity index (χ1n) is 9.50. The van der Waals surface area contributed by atoms with E-state index in [1.807, 2.05) is 0 Å². The van der Waals surface area contributed by atoms with Gasteiger partial charge in [0.25, 0.3) is 11.8 Å². The van der Waals surface area contributed by atoms with E-state index in [2.05, 4.69) is 16.8 Å². The SMILES string of the molecule is CN1CC[C@@](O)(C#Cc2cccc(-c3nc(C(N)=O)n4ccc(C(F)(F)F)cc34)c2)C1=O. The first kappa shape index (κ1) is 21.4. The number of carbonyl (C=O) groups excluding carboxylic acids is 2. The van der Waals surface area contributed by atoms with Crippen molar-refractivity contribution in [3.63, 3.8) is 0 Å². The summed E-state index contributed by atoms with van der Waals surface area (Å²) in [7, 11) is 1.57. The van der Waals surface area contributed by atoms with Crippen LogP contribution in [0.2, 0.25) is 0 Å². The van der Waals surface area contributed by atoms with Gasteiger partial charge in [-0.3, -0.25) is 14.0 Å². The van der Waals surface area contributed by atoms with Crippen LogP contribution in [-0.4, -0.2) is 50.4 Å². The van der Waals surface area contributed by atoms with E-state index in [4.69, 9.17) is 5.73 Å². The third-order valence-electron chi connectivity index (χ3n) is 5.25. The van der Waals surface area contributed by atoms with Crippen LogP contribution in [0.1, 0.15) is 28.2 Å². The lowest BCUT2D eigenvalue weighted by Gasteiger charge is -2.13. The molecule has 0 radical (unpaired) electrons. The van der Waals surface area contributed by atoms with E-state index in [0.29, 0.717) is 17.7 Å². The number of pyridine rings is 1. The molecule has 10 heteroatoms. The van der Waals surface area contributed by atoms with Gasteiger partial charge in [0.1, 0.15) is 0 Å². The topological polar surface area (TPSA) is 101 Å². The number of nitrogens with zero attached hydrogens (tertiary/aromatic N) is 3. The molecule has 3 N–H and O–H groups in total. The molecule has 3 aromatic rings. The quantitative estimate of drug-likeness (QED) is 0.594. The number of carbonyl (C=O) groups is 2. The number of nitrogens with two attached hydrogens (primary N) is 1.